The van der Waals surface area contributed by atoms with E-state index in [9.17, 15) is 4.79 Å². The van der Waals surface area contributed by atoms with E-state index in [2.05, 4.69) is 26.2 Å². The van der Waals surface area contributed by atoms with Gasteiger partial charge in [-0.2, -0.15) is 0 Å². The predicted octanol–water partition coefficient (Wildman–Crippen LogP) is 4.56. The number of rotatable bonds is 3. The number of nitrogens with one attached hydrogen (secondary N) is 1. The Kier molecular flexibility index (Phi) is 3.98. The molecule has 0 bridgehead atoms. The molecule has 0 spiro atoms. The molecule has 21 heavy (non-hydrogen) atoms. The van der Waals surface area contributed by atoms with Crippen molar-refractivity contribution in [2.24, 2.45) is 0 Å². The Hall–Kier alpha value is -1.79. The Morgan fingerprint density at radius 3 is 2.86 bits per heavy atom. The van der Waals surface area contributed by atoms with Crippen LogP contribution in [0.3, 0.4) is 0 Å². The minimum atomic E-state index is -0.295. The Morgan fingerprint density at radius 2 is 2.19 bits per heavy atom. The molecule has 6 heteroatoms. The number of para-hydroxylation sites is 1. The number of hydrogen-bond acceptors (Lipinski definition) is 4. The van der Waals surface area contributed by atoms with Gasteiger partial charge in [0.25, 0.3) is 5.91 Å². The number of amides is 1. The molecule has 2 heterocycles. The van der Waals surface area contributed by atoms with Crippen LogP contribution in [0.2, 0.25) is 0 Å². The number of anilines is 1. The number of carbonyl (C=O) groups is 1. The first kappa shape index (κ1) is 14.2. The lowest BCUT2D eigenvalue weighted by atomic mass is 10.2. The van der Waals surface area contributed by atoms with Gasteiger partial charge in [0.2, 0.25) is 0 Å². The van der Waals surface area contributed by atoms with Gasteiger partial charge in [-0.25, -0.2) is 4.98 Å². The second kappa shape index (κ2) is 5.91. The zero-order valence-electron chi connectivity index (χ0n) is 11.1. The third-order valence-corrected chi connectivity index (χ3v) is 4.21. The number of fused-ring (bicyclic) bond motifs is 1. The SMILES string of the molecule is CSc1ccc(NC(=O)c2cc3cccc(Br)c3o2)cn1. The van der Waals surface area contributed by atoms with Crippen LogP contribution in [-0.4, -0.2) is 17.1 Å². The van der Waals surface area contributed by atoms with Gasteiger partial charge in [0.15, 0.2) is 5.76 Å². The van der Waals surface area contributed by atoms with E-state index in [1.54, 1.807) is 24.0 Å². The van der Waals surface area contributed by atoms with Crippen LogP contribution in [0.15, 0.2) is 56.5 Å². The van der Waals surface area contributed by atoms with E-state index in [-0.39, 0.29) is 11.7 Å². The molecule has 4 nitrogen and oxygen atoms in total. The third kappa shape index (κ3) is 2.96. The molecule has 1 amide bonds. The summed E-state index contributed by atoms with van der Waals surface area (Å²) in [6, 6.07) is 11.1. The molecule has 106 valence electrons. The smallest absolute Gasteiger partial charge is 0.291 e. The molecular formula is C15H11BrN2O2S. The van der Waals surface area contributed by atoms with Crippen molar-refractivity contribution in [3.8, 4) is 0 Å². The maximum absolute atomic E-state index is 12.2. The van der Waals surface area contributed by atoms with Crippen LogP contribution < -0.4 is 5.32 Å². The number of benzene rings is 1. The van der Waals surface area contributed by atoms with Gasteiger partial charge < -0.3 is 9.73 Å². The van der Waals surface area contributed by atoms with E-state index < -0.39 is 0 Å². The lowest BCUT2D eigenvalue weighted by molar-refractivity contribution is 0.0998. The Balaban J connectivity index is 1.84. The van der Waals surface area contributed by atoms with Crippen molar-refractivity contribution in [3.63, 3.8) is 0 Å². The largest absolute Gasteiger partial charge is 0.450 e. The average Bonchev–Trinajstić information content (AvgIpc) is 2.94. The number of nitrogens with zero attached hydrogens (tertiary/aromatic N) is 1. The van der Waals surface area contributed by atoms with Crippen molar-refractivity contribution in [1.82, 2.24) is 4.98 Å². The zero-order chi connectivity index (χ0) is 14.8. The van der Waals surface area contributed by atoms with E-state index in [1.807, 2.05) is 36.6 Å². The van der Waals surface area contributed by atoms with Crippen molar-refractivity contribution in [2.75, 3.05) is 11.6 Å². The minimum absolute atomic E-state index is 0.269. The molecule has 0 aliphatic rings. The molecule has 0 atom stereocenters. The second-order valence-corrected chi connectivity index (χ2v) is 5.99. The van der Waals surface area contributed by atoms with Crippen molar-refractivity contribution >= 4 is 50.3 Å². The fourth-order valence-electron chi connectivity index (χ4n) is 1.91. The van der Waals surface area contributed by atoms with Crippen LogP contribution in [0.4, 0.5) is 5.69 Å². The van der Waals surface area contributed by atoms with Crippen molar-refractivity contribution in [2.45, 2.75) is 5.03 Å². The highest BCUT2D eigenvalue weighted by Gasteiger charge is 2.14. The van der Waals surface area contributed by atoms with Crippen molar-refractivity contribution in [1.29, 1.82) is 0 Å². The Bertz CT molecular complexity index is 799. The normalized spacial score (nSPS) is 10.8. The molecule has 0 saturated carbocycles. The maximum atomic E-state index is 12.2. The standard InChI is InChI=1S/C15H11BrN2O2S/c1-21-13-6-5-10(8-17-13)18-15(19)12-7-9-3-2-4-11(16)14(9)20-12/h2-8H,1H3,(H,18,19). The van der Waals surface area contributed by atoms with E-state index in [0.29, 0.717) is 11.3 Å². The number of thioether (sulfide) groups is 1. The summed E-state index contributed by atoms with van der Waals surface area (Å²) in [6.07, 6.45) is 3.58. The van der Waals surface area contributed by atoms with Gasteiger partial charge in [-0.05, 0) is 46.5 Å². The van der Waals surface area contributed by atoms with E-state index in [0.717, 1.165) is 14.9 Å². The third-order valence-electron chi connectivity index (χ3n) is 2.92. The molecule has 3 rings (SSSR count). The van der Waals surface area contributed by atoms with Gasteiger partial charge in [0.1, 0.15) is 5.58 Å². The topological polar surface area (TPSA) is 55.1 Å². The minimum Gasteiger partial charge on any atom is -0.450 e. The number of pyridine rings is 1. The first-order valence-electron chi connectivity index (χ1n) is 6.17. The van der Waals surface area contributed by atoms with Crippen LogP contribution in [0, 0.1) is 0 Å². The molecule has 0 aliphatic carbocycles. The number of furan rings is 1. The number of carbonyl (C=O) groups excluding carboxylic acids is 1. The number of hydrogen-bond donors (Lipinski definition) is 1. The molecule has 3 aromatic rings. The highest BCUT2D eigenvalue weighted by atomic mass is 79.9. The quantitative estimate of drug-likeness (QED) is 0.693. The second-order valence-electron chi connectivity index (χ2n) is 4.31. The van der Waals surface area contributed by atoms with Gasteiger partial charge in [-0.1, -0.05) is 12.1 Å². The van der Waals surface area contributed by atoms with Gasteiger partial charge in [0, 0.05) is 5.39 Å². The molecular weight excluding hydrogens is 352 g/mol. The maximum Gasteiger partial charge on any atom is 0.291 e. The fourth-order valence-corrected chi connectivity index (χ4v) is 2.73. The van der Waals surface area contributed by atoms with Crippen LogP contribution >= 0.6 is 27.7 Å². The lowest BCUT2D eigenvalue weighted by Crippen LogP contribution is -2.10. The summed E-state index contributed by atoms with van der Waals surface area (Å²) in [6.45, 7) is 0. The summed E-state index contributed by atoms with van der Waals surface area (Å²) < 4.78 is 6.42. The van der Waals surface area contributed by atoms with Crippen LogP contribution in [0.25, 0.3) is 11.0 Å². The molecule has 0 radical (unpaired) electrons. The molecule has 2 aromatic heterocycles. The Morgan fingerprint density at radius 1 is 1.33 bits per heavy atom. The van der Waals surface area contributed by atoms with E-state index in [4.69, 9.17) is 4.42 Å². The van der Waals surface area contributed by atoms with E-state index in [1.165, 1.54) is 0 Å². The summed E-state index contributed by atoms with van der Waals surface area (Å²) in [5, 5.41) is 4.55. The van der Waals surface area contributed by atoms with Crippen LogP contribution in [-0.2, 0) is 0 Å². The summed E-state index contributed by atoms with van der Waals surface area (Å²) >= 11 is 4.95. The van der Waals surface area contributed by atoms with Gasteiger partial charge in [-0.15, -0.1) is 11.8 Å². The molecule has 0 aliphatic heterocycles. The Labute approximate surface area is 134 Å². The van der Waals surface area contributed by atoms with Crippen LogP contribution in [0.1, 0.15) is 10.6 Å². The lowest BCUT2D eigenvalue weighted by Gasteiger charge is -2.03. The van der Waals surface area contributed by atoms with Crippen molar-refractivity contribution in [3.05, 3.63) is 52.8 Å². The van der Waals surface area contributed by atoms with Crippen LogP contribution in [0.5, 0.6) is 0 Å². The molecule has 1 aromatic carbocycles. The van der Waals surface area contributed by atoms with E-state index >= 15 is 0 Å². The van der Waals surface area contributed by atoms with Crippen molar-refractivity contribution < 1.29 is 9.21 Å². The first-order valence-corrected chi connectivity index (χ1v) is 8.18. The monoisotopic (exact) mass is 362 g/mol. The predicted molar refractivity (Wildman–Crippen MR) is 87.9 cm³/mol. The summed E-state index contributed by atoms with van der Waals surface area (Å²) in [7, 11) is 0. The molecule has 1 N–H and O–H groups in total. The summed E-state index contributed by atoms with van der Waals surface area (Å²) in [5.41, 5.74) is 1.30. The molecule has 0 fully saturated rings. The highest BCUT2D eigenvalue weighted by Crippen LogP contribution is 2.27. The number of aromatic nitrogens is 1. The first-order chi connectivity index (χ1) is 10.2. The fraction of sp³-hybridized carbons (Fsp3) is 0.0667. The molecule has 0 saturated heterocycles. The summed E-state index contributed by atoms with van der Waals surface area (Å²) in [5.74, 6) is -0.0253. The zero-order valence-corrected chi connectivity index (χ0v) is 13.5. The van der Waals surface area contributed by atoms with Gasteiger partial charge in [0.05, 0.1) is 21.4 Å². The average molecular weight is 363 g/mol. The number of halogens is 1. The highest BCUT2D eigenvalue weighted by molar-refractivity contribution is 9.10. The van der Waals surface area contributed by atoms with Gasteiger partial charge in [-0.3, -0.25) is 4.79 Å². The molecule has 0 unspecified atom stereocenters. The van der Waals surface area contributed by atoms with Gasteiger partial charge >= 0.3 is 0 Å². The summed E-state index contributed by atoms with van der Waals surface area (Å²) in [4.78, 5) is 16.4.